The van der Waals surface area contributed by atoms with Crippen molar-refractivity contribution in [1.29, 1.82) is 0 Å². The molecule has 35 heavy (non-hydrogen) atoms. The van der Waals surface area contributed by atoms with E-state index in [4.69, 9.17) is 4.74 Å². The fraction of sp³-hybridized carbons (Fsp3) is 0.500. The van der Waals surface area contributed by atoms with Crippen molar-refractivity contribution in [3.05, 3.63) is 52.8 Å². The van der Waals surface area contributed by atoms with Gasteiger partial charge in [0.05, 0.1) is 18.6 Å². The zero-order valence-corrected chi connectivity index (χ0v) is 20.2. The molecule has 0 unspecified atom stereocenters. The highest BCUT2D eigenvalue weighted by Gasteiger charge is 2.49. The minimum Gasteiger partial charge on any atom is -0.379 e. The number of nitrogens with zero attached hydrogens (tertiary/aromatic N) is 1. The van der Waals surface area contributed by atoms with E-state index in [0.29, 0.717) is 22.7 Å². The molecule has 4 aliphatic rings. The number of carbonyl (C=O) groups excluding carboxylic acids is 2. The highest BCUT2D eigenvalue weighted by atomic mass is 19.1. The van der Waals surface area contributed by atoms with Crippen LogP contribution in [0.3, 0.4) is 0 Å². The first-order valence-electron chi connectivity index (χ1n) is 12.8. The molecule has 6 rings (SSSR count). The summed E-state index contributed by atoms with van der Waals surface area (Å²) in [5, 5.41) is 6.06. The van der Waals surface area contributed by atoms with Crippen molar-refractivity contribution >= 4 is 17.5 Å². The summed E-state index contributed by atoms with van der Waals surface area (Å²) in [4.78, 5) is 28.3. The van der Waals surface area contributed by atoms with Gasteiger partial charge in [-0.15, -0.1) is 0 Å². The van der Waals surface area contributed by atoms with Gasteiger partial charge in [-0.05, 0) is 85.9 Å². The van der Waals surface area contributed by atoms with Crippen LogP contribution in [-0.4, -0.2) is 55.1 Å². The Hall–Kier alpha value is -2.77. The minimum atomic E-state index is -0.483. The first-order valence-corrected chi connectivity index (χ1v) is 12.8. The Morgan fingerprint density at radius 1 is 1.11 bits per heavy atom. The van der Waals surface area contributed by atoms with Gasteiger partial charge in [-0.1, -0.05) is 12.1 Å². The van der Waals surface area contributed by atoms with E-state index < -0.39 is 11.2 Å². The number of fused-ring (bicyclic) bond motifs is 2. The van der Waals surface area contributed by atoms with Crippen molar-refractivity contribution in [1.82, 2.24) is 10.2 Å². The molecular weight excluding hydrogens is 445 g/mol. The molecule has 2 aromatic rings. The van der Waals surface area contributed by atoms with E-state index in [1.807, 2.05) is 18.2 Å². The molecule has 2 N–H and O–H groups in total. The number of carbonyl (C=O) groups is 2. The van der Waals surface area contributed by atoms with Gasteiger partial charge in [-0.3, -0.25) is 14.5 Å². The maximum Gasteiger partial charge on any atom is 0.251 e. The summed E-state index contributed by atoms with van der Waals surface area (Å²) in [7, 11) is 0. The number of anilines is 1. The summed E-state index contributed by atoms with van der Waals surface area (Å²) in [6.45, 7) is 5.25. The largest absolute Gasteiger partial charge is 0.379 e. The summed E-state index contributed by atoms with van der Waals surface area (Å²) in [5.74, 6) is -0.561. The van der Waals surface area contributed by atoms with Crippen LogP contribution >= 0.6 is 0 Å². The molecule has 0 atom stereocenters. The molecule has 0 aromatic heterocycles. The molecule has 0 radical (unpaired) electrons. The van der Waals surface area contributed by atoms with Gasteiger partial charge in [0.1, 0.15) is 5.82 Å². The Bertz CT molecular complexity index is 1180. The highest BCUT2D eigenvalue weighted by molar-refractivity contribution is 6.07. The number of ether oxygens (including phenoxy) is 1. The number of morpholine rings is 1. The van der Waals surface area contributed by atoms with Crippen molar-refractivity contribution in [2.24, 2.45) is 0 Å². The normalized spacial score (nSPS) is 26.5. The van der Waals surface area contributed by atoms with E-state index in [1.165, 1.54) is 6.07 Å². The zero-order chi connectivity index (χ0) is 24.2. The SMILES string of the molecule is Cc1c(F)cc(C(=O)NC2CC2)cc1-c1ccc2c(c1)NC(=O)C21CCC(N2CCOCC2)CC1. The van der Waals surface area contributed by atoms with E-state index in [-0.39, 0.29) is 17.9 Å². The predicted octanol–water partition coefficient (Wildman–Crippen LogP) is 4.16. The standard InChI is InChI=1S/C28H32FN3O3/c1-17-22(14-19(15-24(17)29)26(33)30-20-3-4-20)18-2-5-23-25(16-18)31-27(34)28(23)8-6-21(7-9-28)32-10-12-35-13-11-32/h2,5,14-16,20-21H,3-4,6-13H2,1H3,(H,30,33)(H,31,34). The van der Waals surface area contributed by atoms with E-state index >= 15 is 0 Å². The maximum absolute atomic E-state index is 14.8. The topological polar surface area (TPSA) is 70.7 Å². The maximum atomic E-state index is 14.8. The molecule has 2 saturated carbocycles. The van der Waals surface area contributed by atoms with Crippen molar-refractivity contribution in [2.75, 3.05) is 31.6 Å². The molecular formula is C28H32FN3O3. The van der Waals surface area contributed by atoms with E-state index in [2.05, 4.69) is 15.5 Å². The van der Waals surface area contributed by atoms with Crippen LogP contribution in [-0.2, 0) is 14.9 Å². The van der Waals surface area contributed by atoms with Gasteiger partial charge in [0.2, 0.25) is 5.91 Å². The summed E-state index contributed by atoms with van der Waals surface area (Å²) >= 11 is 0. The van der Waals surface area contributed by atoms with Gasteiger partial charge in [0, 0.05) is 36.4 Å². The molecule has 2 aromatic carbocycles. The molecule has 1 spiro atoms. The molecule has 3 fully saturated rings. The second-order valence-electron chi connectivity index (χ2n) is 10.6. The first-order chi connectivity index (χ1) is 16.9. The smallest absolute Gasteiger partial charge is 0.251 e. The molecule has 7 heteroatoms. The van der Waals surface area contributed by atoms with Gasteiger partial charge < -0.3 is 15.4 Å². The summed E-state index contributed by atoms with van der Waals surface area (Å²) in [6, 6.07) is 9.74. The molecule has 2 amide bonds. The van der Waals surface area contributed by atoms with Crippen LogP contribution < -0.4 is 10.6 Å². The lowest BCUT2D eigenvalue weighted by Gasteiger charge is -2.42. The molecule has 2 aliphatic carbocycles. The quantitative estimate of drug-likeness (QED) is 0.694. The molecule has 2 heterocycles. The van der Waals surface area contributed by atoms with Crippen molar-refractivity contribution < 1.29 is 18.7 Å². The second kappa shape index (κ2) is 8.71. The van der Waals surface area contributed by atoms with Crippen LogP contribution in [0.25, 0.3) is 11.1 Å². The molecule has 2 aliphatic heterocycles. The summed E-state index contributed by atoms with van der Waals surface area (Å²) < 4.78 is 20.3. The number of nitrogens with one attached hydrogen (secondary N) is 2. The van der Waals surface area contributed by atoms with Gasteiger partial charge >= 0.3 is 0 Å². The Kier molecular flexibility index (Phi) is 5.65. The monoisotopic (exact) mass is 477 g/mol. The lowest BCUT2D eigenvalue weighted by atomic mass is 9.68. The Labute approximate surface area is 205 Å². The number of rotatable bonds is 4. The van der Waals surface area contributed by atoms with Crippen LogP contribution in [0.1, 0.15) is 60.0 Å². The predicted molar refractivity (Wildman–Crippen MR) is 132 cm³/mol. The third-order valence-electron chi connectivity index (χ3n) is 8.42. The average Bonchev–Trinajstić information content (AvgIpc) is 3.65. The number of halogens is 1. The third-order valence-corrected chi connectivity index (χ3v) is 8.42. The Balaban J connectivity index is 1.26. The number of benzene rings is 2. The van der Waals surface area contributed by atoms with Crippen LogP contribution in [0.5, 0.6) is 0 Å². The fourth-order valence-corrected chi connectivity index (χ4v) is 6.10. The van der Waals surface area contributed by atoms with Crippen LogP contribution in [0, 0.1) is 12.7 Å². The van der Waals surface area contributed by atoms with Gasteiger partial charge in [-0.25, -0.2) is 4.39 Å². The Morgan fingerprint density at radius 3 is 2.57 bits per heavy atom. The average molecular weight is 478 g/mol. The number of amides is 2. The zero-order valence-electron chi connectivity index (χ0n) is 20.2. The van der Waals surface area contributed by atoms with Crippen molar-refractivity contribution in [3.63, 3.8) is 0 Å². The van der Waals surface area contributed by atoms with Gasteiger partial charge in [0.15, 0.2) is 0 Å². The van der Waals surface area contributed by atoms with Gasteiger partial charge in [-0.2, -0.15) is 0 Å². The second-order valence-corrected chi connectivity index (χ2v) is 10.6. The highest BCUT2D eigenvalue weighted by Crippen LogP contribution is 2.49. The van der Waals surface area contributed by atoms with Crippen LogP contribution in [0.15, 0.2) is 30.3 Å². The first kappa shape index (κ1) is 22.7. The summed E-state index contributed by atoms with van der Waals surface area (Å²) in [6.07, 6.45) is 5.61. The molecule has 0 bridgehead atoms. The van der Waals surface area contributed by atoms with Crippen LogP contribution in [0.4, 0.5) is 10.1 Å². The Morgan fingerprint density at radius 2 is 1.86 bits per heavy atom. The third kappa shape index (κ3) is 4.04. The molecule has 6 nitrogen and oxygen atoms in total. The number of hydrogen-bond acceptors (Lipinski definition) is 4. The summed E-state index contributed by atoms with van der Waals surface area (Å²) in [5.41, 5.74) is 3.69. The lowest BCUT2D eigenvalue weighted by Crippen LogP contribution is -2.48. The van der Waals surface area contributed by atoms with Gasteiger partial charge in [0.25, 0.3) is 5.91 Å². The van der Waals surface area contributed by atoms with E-state index in [9.17, 15) is 14.0 Å². The minimum absolute atomic E-state index is 0.0746. The number of hydrogen-bond donors (Lipinski definition) is 2. The van der Waals surface area contributed by atoms with Crippen molar-refractivity contribution in [3.8, 4) is 11.1 Å². The van der Waals surface area contributed by atoms with Crippen molar-refractivity contribution in [2.45, 2.75) is 62.9 Å². The van der Waals surface area contributed by atoms with Crippen LogP contribution in [0.2, 0.25) is 0 Å². The van der Waals surface area contributed by atoms with E-state index in [0.717, 1.165) is 81.6 Å². The fourth-order valence-electron chi connectivity index (χ4n) is 6.10. The van der Waals surface area contributed by atoms with E-state index in [1.54, 1.807) is 13.0 Å². The lowest BCUT2D eigenvalue weighted by molar-refractivity contribution is -0.122. The molecule has 184 valence electrons. The molecule has 1 saturated heterocycles.